The Morgan fingerprint density at radius 1 is 1.14 bits per heavy atom. The molecule has 11 nitrogen and oxygen atoms in total. The topological polar surface area (TPSA) is 135 Å². The van der Waals surface area contributed by atoms with Gasteiger partial charge in [-0.15, -0.1) is 0 Å². The summed E-state index contributed by atoms with van der Waals surface area (Å²) < 4.78 is 24.2. The molecule has 0 spiro atoms. The molecule has 0 N–H and O–H groups in total. The number of rotatable bonds is 8. The maximum Gasteiger partial charge on any atom is 0.338 e. The first kappa shape index (κ1) is 28.6. The van der Waals surface area contributed by atoms with Gasteiger partial charge in [-0.05, 0) is 56.7 Å². The number of methoxy groups -OCH3 is 2. The summed E-state index contributed by atoms with van der Waals surface area (Å²) >= 11 is 1.14. The Hall–Kier alpha value is -4.97. The smallest absolute Gasteiger partial charge is 0.338 e. The van der Waals surface area contributed by atoms with Gasteiger partial charge in [-0.1, -0.05) is 17.4 Å². The van der Waals surface area contributed by atoms with E-state index in [1.54, 1.807) is 56.3 Å². The van der Waals surface area contributed by atoms with Crippen LogP contribution in [0.2, 0.25) is 0 Å². The van der Waals surface area contributed by atoms with Crippen molar-refractivity contribution in [2.24, 2.45) is 4.99 Å². The molecular formula is C30H27N3O8S. The predicted octanol–water partition coefficient (Wildman–Crippen LogP) is 4.29. The second-order valence-corrected chi connectivity index (χ2v) is 10.4. The largest absolute Gasteiger partial charge is 0.497 e. The van der Waals surface area contributed by atoms with Gasteiger partial charge >= 0.3 is 5.97 Å². The lowest BCUT2D eigenvalue weighted by Gasteiger charge is -2.26. The SMILES string of the molecule is CCOC(=O)C1=C(C)N=c2s/c(=C\c3ccc(-c4cc([N+](=O)[O-])ccc4C)o3)c(=O)n2[C@@H]1c1cc(OC)ccc1OC. The summed E-state index contributed by atoms with van der Waals surface area (Å²) in [5.74, 6) is 1.18. The van der Waals surface area contributed by atoms with Crippen molar-refractivity contribution in [2.45, 2.75) is 26.8 Å². The van der Waals surface area contributed by atoms with E-state index < -0.39 is 22.5 Å². The lowest BCUT2D eigenvalue weighted by Crippen LogP contribution is -2.40. The Morgan fingerprint density at radius 3 is 2.62 bits per heavy atom. The van der Waals surface area contributed by atoms with E-state index in [9.17, 15) is 19.7 Å². The van der Waals surface area contributed by atoms with Gasteiger partial charge in [0.2, 0.25) is 0 Å². The minimum Gasteiger partial charge on any atom is -0.497 e. The van der Waals surface area contributed by atoms with Crippen molar-refractivity contribution in [3.63, 3.8) is 0 Å². The summed E-state index contributed by atoms with van der Waals surface area (Å²) in [4.78, 5) is 43.0. The quantitative estimate of drug-likeness (QED) is 0.169. The zero-order valence-electron chi connectivity index (χ0n) is 23.5. The van der Waals surface area contributed by atoms with Gasteiger partial charge in [-0.25, -0.2) is 9.79 Å². The third-order valence-electron chi connectivity index (χ3n) is 6.85. The summed E-state index contributed by atoms with van der Waals surface area (Å²) in [7, 11) is 3.03. The number of nitro benzene ring substituents is 1. The third-order valence-corrected chi connectivity index (χ3v) is 7.83. The molecule has 0 radical (unpaired) electrons. The van der Waals surface area contributed by atoms with Gasteiger partial charge in [-0.2, -0.15) is 0 Å². The number of allylic oxidation sites excluding steroid dienone is 1. The average Bonchev–Trinajstić information content (AvgIpc) is 3.56. The molecule has 3 heterocycles. The zero-order chi connectivity index (χ0) is 30.1. The van der Waals surface area contributed by atoms with Crippen LogP contribution in [0.4, 0.5) is 5.69 Å². The molecule has 1 atom stereocenters. The van der Waals surface area contributed by atoms with Crippen LogP contribution >= 0.6 is 11.3 Å². The lowest BCUT2D eigenvalue weighted by atomic mass is 9.95. The van der Waals surface area contributed by atoms with Gasteiger partial charge in [0.1, 0.15) is 29.1 Å². The Bertz CT molecular complexity index is 1930. The molecule has 4 aromatic rings. The van der Waals surface area contributed by atoms with Gasteiger partial charge < -0.3 is 18.6 Å². The molecule has 5 rings (SSSR count). The Balaban J connectivity index is 1.67. The number of carbonyl (C=O) groups excluding carboxylic acids is 1. The first-order valence-corrected chi connectivity index (χ1v) is 13.7. The highest BCUT2D eigenvalue weighted by molar-refractivity contribution is 7.07. The molecule has 0 aliphatic carbocycles. The van der Waals surface area contributed by atoms with Crippen LogP contribution in [0.1, 0.15) is 36.8 Å². The second kappa shape index (κ2) is 11.5. The van der Waals surface area contributed by atoms with E-state index in [0.29, 0.717) is 49.2 Å². The fourth-order valence-electron chi connectivity index (χ4n) is 4.83. The molecule has 12 heteroatoms. The highest BCUT2D eigenvalue weighted by atomic mass is 32.1. The molecule has 1 aliphatic heterocycles. The van der Waals surface area contributed by atoms with Crippen LogP contribution in [0.15, 0.2) is 74.0 Å². The van der Waals surface area contributed by atoms with Crippen LogP contribution in [0, 0.1) is 17.0 Å². The average molecular weight is 590 g/mol. The summed E-state index contributed by atoms with van der Waals surface area (Å²) in [6.45, 7) is 5.38. The number of aromatic nitrogens is 1. The summed E-state index contributed by atoms with van der Waals surface area (Å²) in [6, 6.07) is 12.2. The number of thiazole rings is 1. The first-order valence-electron chi connectivity index (χ1n) is 12.9. The third kappa shape index (κ3) is 5.12. The standard InChI is InChI=1S/C30H27N3O8S/c1-6-40-29(35)26-17(3)31-30-32(27(26)22-14-19(38-4)9-11-23(22)39-5)28(34)25(42-30)15-20-10-12-24(41-20)21-13-18(33(36)37)8-7-16(21)2/h7-15,27H,6H2,1-5H3/b25-15-/t27-/m1/s1. The molecule has 216 valence electrons. The van der Waals surface area contributed by atoms with Crippen molar-refractivity contribution in [3.05, 3.63) is 106 Å². The number of hydrogen-bond donors (Lipinski definition) is 0. The lowest BCUT2D eigenvalue weighted by molar-refractivity contribution is -0.384. The van der Waals surface area contributed by atoms with Gasteiger partial charge in [0, 0.05) is 29.3 Å². The van der Waals surface area contributed by atoms with E-state index in [0.717, 1.165) is 16.9 Å². The number of nitrogens with zero attached hydrogens (tertiary/aromatic N) is 3. The monoisotopic (exact) mass is 589 g/mol. The van der Waals surface area contributed by atoms with Crippen molar-refractivity contribution in [1.29, 1.82) is 0 Å². The molecule has 0 saturated heterocycles. The number of non-ortho nitro benzene ring substituents is 1. The highest BCUT2D eigenvalue weighted by Gasteiger charge is 2.35. The number of esters is 1. The van der Waals surface area contributed by atoms with E-state index >= 15 is 0 Å². The Kier molecular flexibility index (Phi) is 7.81. The van der Waals surface area contributed by atoms with E-state index in [2.05, 4.69) is 4.99 Å². The van der Waals surface area contributed by atoms with Crippen molar-refractivity contribution < 1.29 is 28.3 Å². The van der Waals surface area contributed by atoms with Crippen molar-refractivity contribution in [2.75, 3.05) is 20.8 Å². The highest BCUT2D eigenvalue weighted by Crippen LogP contribution is 2.38. The molecule has 0 fully saturated rings. The van der Waals surface area contributed by atoms with E-state index in [-0.39, 0.29) is 17.9 Å². The normalized spacial score (nSPS) is 14.8. The van der Waals surface area contributed by atoms with Gasteiger partial charge in [0.05, 0.1) is 41.6 Å². The van der Waals surface area contributed by atoms with Crippen molar-refractivity contribution in [3.8, 4) is 22.8 Å². The summed E-state index contributed by atoms with van der Waals surface area (Å²) in [6.07, 6.45) is 1.59. The Labute approximate surface area is 243 Å². The van der Waals surface area contributed by atoms with Crippen molar-refractivity contribution in [1.82, 2.24) is 4.57 Å². The number of aryl methyl sites for hydroxylation is 1. The van der Waals surface area contributed by atoms with Crippen LogP contribution < -0.4 is 24.4 Å². The second-order valence-electron chi connectivity index (χ2n) is 9.37. The molecule has 0 saturated carbocycles. The van der Waals surface area contributed by atoms with Gasteiger partial charge in [0.15, 0.2) is 4.80 Å². The number of fused-ring (bicyclic) bond motifs is 1. The van der Waals surface area contributed by atoms with E-state index in [4.69, 9.17) is 18.6 Å². The van der Waals surface area contributed by atoms with Crippen LogP contribution in [0.3, 0.4) is 0 Å². The molecule has 0 bridgehead atoms. The molecule has 2 aromatic heterocycles. The zero-order valence-corrected chi connectivity index (χ0v) is 24.3. The van der Waals surface area contributed by atoms with Gasteiger partial charge in [-0.3, -0.25) is 19.5 Å². The number of carbonyl (C=O) groups is 1. The maximum absolute atomic E-state index is 14.0. The van der Waals surface area contributed by atoms with E-state index in [1.807, 2.05) is 6.92 Å². The predicted molar refractivity (Wildman–Crippen MR) is 155 cm³/mol. The fourth-order valence-corrected chi connectivity index (χ4v) is 5.86. The van der Waals surface area contributed by atoms with Crippen LogP contribution in [0.25, 0.3) is 17.4 Å². The summed E-state index contributed by atoms with van der Waals surface area (Å²) in [5, 5.41) is 11.3. The minimum absolute atomic E-state index is 0.0531. The maximum atomic E-state index is 14.0. The molecule has 1 aliphatic rings. The molecule has 0 unspecified atom stereocenters. The van der Waals surface area contributed by atoms with Crippen LogP contribution in [-0.2, 0) is 9.53 Å². The number of furan rings is 1. The van der Waals surface area contributed by atoms with Crippen LogP contribution in [0.5, 0.6) is 11.5 Å². The first-order chi connectivity index (χ1) is 20.2. The number of nitro groups is 1. The minimum atomic E-state index is -0.896. The molecule has 0 amide bonds. The van der Waals surface area contributed by atoms with Crippen molar-refractivity contribution >= 4 is 29.1 Å². The number of benzene rings is 2. The summed E-state index contributed by atoms with van der Waals surface area (Å²) in [5.41, 5.74) is 2.08. The number of hydrogen-bond acceptors (Lipinski definition) is 10. The molecule has 42 heavy (non-hydrogen) atoms. The van der Waals surface area contributed by atoms with E-state index in [1.165, 1.54) is 30.9 Å². The number of ether oxygens (including phenoxy) is 3. The molecular weight excluding hydrogens is 562 g/mol. The Morgan fingerprint density at radius 2 is 1.93 bits per heavy atom. The molecule has 2 aromatic carbocycles. The van der Waals surface area contributed by atoms with Crippen LogP contribution in [-0.4, -0.2) is 36.3 Å². The fraction of sp³-hybridized carbons (Fsp3) is 0.233. The van der Waals surface area contributed by atoms with Gasteiger partial charge in [0.25, 0.3) is 11.2 Å².